The van der Waals surface area contributed by atoms with Crippen molar-refractivity contribution in [2.45, 2.75) is 31.6 Å². The van der Waals surface area contributed by atoms with Gasteiger partial charge in [0.15, 0.2) is 5.69 Å². The highest BCUT2D eigenvalue weighted by molar-refractivity contribution is 7.09. The number of amides is 1. The van der Waals surface area contributed by atoms with Crippen LogP contribution in [0.1, 0.15) is 39.5 Å². The van der Waals surface area contributed by atoms with Gasteiger partial charge in [0.25, 0.3) is 0 Å². The number of nitrogens with zero attached hydrogens (tertiary/aromatic N) is 1. The molecule has 2 N–H and O–H groups in total. The summed E-state index contributed by atoms with van der Waals surface area (Å²) in [5.41, 5.74) is 1.93. The van der Waals surface area contributed by atoms with Gasteiger partial charge in [0.05, 0.1) is 10.4 Å². The largest absolute Gasteiger partial charge is 0.476 e. The van der Waals surface area contributed by atoms with E-state index in [9.17, 15) is 9.59 Å². The minimum Gasteiger partial charge on any atom is -0.476 e. The molecule has 5 nitrogen and oxygen atoms in total. The minimum absolute atomic E-state index is 0.0538. The molecule has 0 spiro atoms. The fraction of sp³-hybridized carbons (Fsp3) is 0.353. The third-order valence-corrected chi connectivity index (χ3v) is 5.06. The quantitative estimate of drug-likeness (QED) is 0.853. The van der Waals surface area contributed by atoms with Crippen molar-refractivity contribution in [3.63, 3.8) is 0 Å². The molecule has 1 aromatic heterocycles. The lowest BCUT2D eigenvalue weighted by Gasteiger charge is -2.16. The highest BCUT2D eigenvalue weighted by Gasteiger charge is 2.51. The Morgan fingerprint density at radius 3 is 2.78 bits per heavy atom. The van der Waals surface area contributed by atoms with E-state index in [4.69, 9.17) is 5.11 Å². The molecule has 1 aromatic carbocycles. The monoisotopic (exact) mass is 330 g/mol. The molecular weight excluding hydrogens is 312 g/mol. The Kier molecular flexibility index (Phi) is 4.17. The number of carboxylic acid groups (broad SMARTS) is 1. The van der Waals surface area contributed by atoms with Crippen LogP contribution in [0.5, 0.6) is 0 Å². The van der Waals surface area contributed by atoms with Gasteiger partial charge in [-0.05, 0) is 25.3 Å². The first kappa shape index (κ1) is 15.7. The van der Waals surface area contributed by atoms with E-state index in [0.29, 0.717) is 13.0 Å². The average Bonchev–Trinajstić information content (AvgIpc) is 3.20. The van der Waals surface area contributed by atoms with Crippen molar-refractivity contribution in [3.8, 4) is 0 Å². The van der Waals surface area contributed by atoms with Crippen molar-refractivity contribution in [1.29, 1.82) is 0 Å². The molecule has 0 saturated heterocycles. The molecule has 1 aliphatic rings. The number of rotatable bonds is 6. The Bertz CT molecular complexity index is 750. The van der Waals surface area contributed by atoms with Crippen molar-refractivity contribution in [1.82, 2.24) is 10.3 Å². The van der Waals surface area contributed by atoms with E-state index in [-0.39, 0.29) is 17.0 Å². The van der Waals surface area contributed by atoms with Gasteiger partial charge in [-0.3, -0.25) is 4.79 Å². The van der Waals surface area contributed by atoms with Gasteiger partial charge >= 0.3 is 5.97 Å². The SMILES string of the molecule is Cc1cccc(C2(C(=O)NCCc3nc(C(=O)O)cs3)CC2)c1. The maximum absolute atomic E-state index is 12.5. The molecule has 1 amide bonds. The third-order valence-electron chi connectivity index (χ3n) is 4.15. The number of aromatic carboxylic acids is 1. The maximum Gasteiger partial charge on any atom is 0.355 e. The molecule has 0 aliphatic heterocycles. The van der Waals surface area contributed by atoms with E-state index < -0.39 is 5.97 Å². The topological polar surface area (TPSA) is 79.3 Å². The van der Waals surface area contributed by atoms with Crippen LogP contribution in [0, 0.1) is 6.92 Å². The molecule has 1 aliphatic carbocycles. The molecule has 1 heterocycles. The normalized spacial score (nSPS) is 15.2. The van der Waals surface area contributed by atoms with Gasteiger partial charge in [-0.25, -0.2) is 9.78 Å². The van der Waals surface area contributed by atoms with Crippen LogP contribution >= 0.6 is 11.3 Å². The molecule has 120 valence electrons. The summed E-state index contributed by atoms with van der Waals surface area (Å²) in [7, 11) is 0. The Balaban J connectivity index is 1.58. The smallest absolute Gasteiger partial charge is 0.355 e. The number of thiazole rings is 1. The standard InChI is InChI=1S/C17H18N2O3S/c1-11-3-2-4-12(9-11)17(6-7-17)16(22)18-8-5-14-19-13(10-23-14)15(20)21/h2-4,9-10H,5-8H2,1H3,(H,18,22)(H,20,21). The summed E-state index contributed by atoms with van der Waals surface area (Å²) in [6.45, 7) is 2.50. The number of carbonyl (C=O) groups is 2. The number of carboxylic acids is 1. The van der Waals surface area contributed by atoms with Crippen LogP contribution in [0.4, 0.5) is 0 Å². The zero-order valence-corrected chi connectivity index (χ0v) is 13.7. The summed E-state index contributed by atoms with van der Waals surface area (Å²) >= 11 is 1.31. The summed E-state index contributed by atoms with van der Waals surface area (Å²) in [5, 5.41) is 14.1. The lowest BCUT2D eigenvalue weighted by Crippen LogP contribution is -2.36. The van der Waals surface area contributed by atoms with Crippen LogP contribution in [-0.4, -0.2) is 28.5 Å². The molecule has 6 heteroatoms. The molecule has 1 saturated carbocycles. The highest BCUT2D eigenvalue weighted by Crippen LogP contribution is 2.48. The first-order valence-electron chi connectivity index (χ1n) is 7.54. The molecule has 2 aromatic rings. The second-order valence-corrected chi connectivity index (χ2v) is 6.83. The van der Waals surface area contributed by atoms with Crippen LogP contribution in [0.3, 0.4) is 0 Å². The second kappa shape index (κ2) is 6.12. The van der Waals surface area contributed by atoms with Crippen LogP contribution in [0.15, 0.2) is 29.6 Å². The summed E-state index contributed by atoms with van der Waals surface area (Å²) in [4.78, 5) is 27.3. The van der Waals surface area contributed by atoms with Gasteiger partial charge in [0.2, 0.25) is 5.91 Å². The van der Waals surface area contributed by atoms with Crippen molar-refractivity contribution < 1.29 is 14.7 Å². The lowest BCUT2D eigenvalue weighted by molar-refractivity contribution is -0.123. The zero-order valence-electron chi connectivity index (χ0n) is 12.8. The van der Waals surface area contributed by atoms with Gasteiger partial charge in [-0.1, -0.05) is 29.8 Å². The predicted octanol–water partition coefficient (Wildman–Crippen LogP) is 2.54. The number of aryl methyl sites for hydroxylation is 1. The summed E-state index contributed by atoms with van der Waals surface area (Å²) < 4.78 is 0. The van der Waals surface area contributed by atoms with Crippen molar-refractivity contribution in [2.24, 2.45) is 0 Å². The van der Waals surface area contributed by atoms with Gasteiger partial charge in [-0.2, -0.15) is 0 Å². The van der Waals surface area contributed by atoms with Crippen LogP contribution in [0.25, 0.3) is 0 Å². The summed E-state index contributed by atoms with van der Waals surface area (Å²) in [6, 6.07) is 8.10. The fourth-order valence-electron chi connectivity index (χ4n) is 2.69. The van der Waals surface area contributed by atoms with E-state index >= 15 is 0 Å². The van der Waals surface area contributed by atoms with Crippen LogP contribution in [0.2, 0.25) is 0 Å². The maximum atomic E-state index is 12.5. The Morgan fingerprint density at radius 1 is 1.39 bits per heavy atom. The third kappa shape index (κ3) is 3.27. The van der Waals surface area contributed by atoms with E-state index in [0.717, 1.165) is 29.0 Å². The average molecular weight is 330 g/mol. The second-order valence-electron chi connectivity index (χ2n) is 5.89. The summed E-state index contributed by atoms with van der Waals surface area (Å²) in [6.07, 6.45) is 2.30. The number of aromatic nitrogens is 1. The van der Waals surface area contributed by atoms with E-state index in [1.807, 2.05) is 25.1 Å². The molecule has 1 fully saturated rings. The van der Waals surface area contributed by atoms with Crippen LogP contribution < -0.4 is 5.32 Å². The Morgan fingerprint density at radius 2 is 2.17 bits per heavy atom. The molecule has 0 bridgehead atoms. The predicted molar refractivity (Wildman–Crippen MR) is 87.9 cm³/mol. The summed E-state index contributed by atoms with van der Waals surface area (Å²) in [5.74, 6) is -0.967. The van der Waals surface area contributed by atoms with E-state index in [1.54, 1.807) is 0 Å². The first-order chi connectivity index (χ1) is 11.0. The van der Waals surface area contributed by atoms with Crippen molar-refractivity contribution in [3.05, 3.63) is 51.5 Å². The molecule has 0 atom stereocenters. The van der Waals surface area contributed by atoms with Crippen LogP contribution in [-0.2, 0) is 16.6 Å². The first-order valence-corrected chi connectivity index (χ1v) is 8.42. The lowest BCUT2D eigenvalue weighted by atomic mass is 9.93. The molecule has 0 unspecified atom stereocenters. The molecule has 3 rings (SSSR count). The number of carbonyl (C=O) groups excluding carboxylic acids is 1. The van der Waals surface area contributed by atoms with Gasteiger partial charge < -0.3 is 10.4 Å². The number of nitrogens with one attached hydrogen (secondary N) is 1. The molecule has 23 heavy (non-hydrogen) atoms. The Hall–Kier alpha value is -2.21. The fourth-order valence-corrected chi connectivity index (χ4v) is 3.46. The molecular formula is C17H18N2O3S. The molecule has 0 radical (unpaired) electrons. The highest BCUT2D eigenvalue weighted by atomic mass is 32.1. The zero-order chi connectivity index (χ0) is 16.4. The van der Waals surface area contributed by atoms with Gasteiger partial charge in [0, 0.05) is 18.3 Å². The minimum atomic E-state index is -1.02. The number of benzene rings is 1. The Labute approximate surface area is 138 Å². The van der Waals surface area contributed by atoms with Crippen molar-refractivity contribution in [2.75, 3.05) is 6.54 Å². The number of hydrogen-bond acceptors (Lipinski definition) is 4. The van der Waals surface area contributed by atoms with E-state index in [2.05, 4.69) is 16.4 Å². The van der Waals surface area contributed by atoms with Crippen molar-refractivity contribution >= 4 is 23.2 Å². The van der Waals surface area contributed by atoms with E-state index in [1.165, 1.54) is 16.7 Å². The van der Waals surface area contributed by atoms with Gasteiger partial charge in [0.1, 0.15) is 0 Å². The van der Waals surface area contributed by atoms with Gasteiger partial charge in [-0.15, -0.1) is 11.3 Å². The number of hydrogen-bond donors (Lipinski definition) is 2.